The lowest BCUT2D eigenvalue weighted by molar-refractivity contribution is -0.138. The molecule has 0 aliphatic carbocycles. The molecule has 0 aliphatic heterocycles. The summed E-state index contributed by atoms with van der Waals surface area (Å²) >= 11 is 1.49. The Kier molecular flexibility index (Phi) is 12.4. The summed E-state index contributed by atoms with van der Waals surface area (Å²) in [5.41, 5.74) is 10.5. The van der Waals surface area contributed by atoms with Crippen LogP contribution in [0.1, 0.15) is 63.7 Å². The molecule has 0 heterocycles. The number of nitrogens with two attached hydrogens (primary N) is 1. The zero-order valence-electron chi connectivity index (χ0n) is 19.1. The van der Waals surface area contributed by atoms with Gasteiger partial charge in [0.25, 0.3) is 5.91 Å². The van der Waals surface area contributed by atoms with Crippen molar-refractivity contribution < 1.29 is 14.7 Å². The molecule has 170 valence electrons. The monoisotopic (exact) mass is 444 g/mol. The molecule has 31 heavy (non-hydrogen) atoms. The summed E-state index contributed by atoms with van der Waals surface area (Å²) in [6, 6.07) is 5.67. The third kappa shape index (κ3) is 11.5. The minimum absolute atomic E-state index is 0.290. The number of thioether (sulfide) groups is 1. The molecule has 0 saturated carbocycles. The number of amides is 1. The number of rotatable bonds is 13. The second-order valence-corrected chi connectivity index (χ2v) is 9.02. The molecule has 0 radical (unpaired) electrons. The van der Waals surface area contributed by atoms with E-state index in [1.54, 1.807) is 24.3 Å². The molecule has 0 spiro atoms. The number of carboxylic acids is 1. The number of aliphatic carboxylic acids is 1. The van der Waals surface area contributed by atoms with Gasteiger partial charge in [-0.25, -0.2) is 4.79 Å². The first kappa shape index (κ1) is 26.6. The van der Waals surface area contributed by atoms with E-state index in [0.717, 1.165) is 25.7 Å². The van der Waals surface area contributed by atoms with Crippen molar-refractivity contribution in [3.8, 4) is 0 Å². The Morgan fingerprint density at radius 1 is 1.03 bits per heavy atom. The number of carbonyl (C=O) groups is 2. The molecule has 0 fully saturated rings. The van der Waals surface area contributed by atoms with E-state index < -0.39 is 17.9 Å². The van der Waals surface area contributed by atoms with Gasteiger partial charge in [0.15, 0.2) is 0 Å². The van der Waals surface area contributed by atoms with Gasteiger partial charge in [-0.15, -0.1) is 0 Å². The van der Waals surface area contributed by atoms with Crippen LogP contribution in [0.5, 0.6) is 0 Å². The molecule has 1 unspecified atom stereocenters. The van der Waals surface area contributed by atoms with E-state index >= 15 is 0 Å². The molecule has 4 N–H and O–H groups in total. The van der Waals surface area contributed by atoms with Gasteiger partial charge in [-0.1, -0.05) is 47.1 Å². The Balaban J connectivity index is 2.41. The van der Waals surface area contributed by atoms with Gasteiger partial charge in [0.2, 0.25) is 0 Å². The molecule has 1 aromatic rings. The second kappa shape index (κ2) is 14.5. The van der Waals surface area contributed by atoms with Crippen LogP contribution in [-0.4, -0.2) is 34.5 Å². The van der Waals surface area contributed by atoms with Crippen LogP contribution in [-0.2, 0) is 4.79 Å². The van der Waals surface area contributed by atoms with Crippen LogP contribution in [0.15, 0.2) is 59.2 Å². The number of hydrogen-bond donors (Lipinski definition) is 3. The fourth-order valence-electron chi connectivity index (χ4n) is 2.84. The van der Waals surface area contributed by atoms with Crippen LogP contribution in [0, 0.1) is 0 Å². The van der Waals surface area contributed by atoms with Gasteiger partial charge in [-0.3, -0.25) is 4.79 Å². The summed E-state index contributed by atoms with van der Waals surface area (Å²) in [5, 5.41) is 12.0. The standard InChI is InChI=1S/C25H36N2O3S/c1-18(2)9-7-10-19(3)11-8-12-20(4)15-16-31-17-23(25(29)30)27-24(28)21-13-5-6-14-22(21)26/h5-6,9,11,13-15,23H,7-8,10,12,16-17,26H2,1-4H3,(H,27,28)(H,29,30). The second-order valence-electron chi connectivity index (χ2n) is 7.95. The summed E-state index contributed by atoms with van der Waals surface area (Å²) in [7, 11) is 0. The van der Waals surface area contributed by atoms with Crippen molar-refractivity contribution in [3.05, 3.63) is 64.8 Å². The maximum atomic E-state index is 12.3. The van der Waals surface area contributed by atoms with Gasteiger partial charge in [0.1, 0.15) is 6.04 Å². The summed E-state index contributed by atoms with van der Waals surface area (Å²) in [4.78, 5) is 23.8. The molecular weight excluding hydrogens is 408 g/mol. The SMILES string of the molecule is CC(C)=CCCC(C)=CCCC(C)=CCSCC(NC(=O)c1ccccc1N)C(=O)O. The van der Waals surface area contributed by atoms with Crippen molar-refractivity contribution in [2.75, 3.05) is 17.2 Å². The van der Waals surface area contributed by atoms with Crippen molar-refractivity contribution in [1.29, 1.82) is 0 Å². The number of carboxylic acid groups (broad SMARTS) is 1. The van der Waals surface area contributed by atoms with Gasteiger partial charge < -0.3 is 16.2 Å². The molecule has 1 rings (SSSR count). The largest absolute Gasteiger partial charge is 0.480 e. The first-order valence-corrected chi connectivity index (χ1v) is 11.8. The van der Waals surface area contributed by atoms with Crippen molar-refractivity contribution >= 4 is 29.3 Å². The van der Waals surface area contributed by atoms with E-state index in [1.165, 1.54) is 28.5 Å². The third-order valence-corrected chi connectivity index (χ3v) is 5.74. The quantitative estimate of drug-likeness (QED) is 0.209. The van der Waals surface area contributed by atoms with Crippen molar-refractivity contribution in [2.45, 2.75) is 59.4 Å². The Bertz CT molecular complexity index is 824. The number of hydrogen-bond acceptors (Lipinski definition) is 4. The number of nitrogen functional groups attached to an aromatic ring is 1. The van der Waals surface area contributed by atoms with E-state index in [0.29, 0.717) is 22.8 Å². The molecule has 5 nitrogen and oxygen atoms in total. The summed E-state index contributed by atoms with van der Waals surface area (Å²) in [6.45, 7) is 8.52. The Morgan fingerprint density at radius 2 is 1.65 bits per heavy atom. The maximum Gasteiger partial charge on any atom is 0.327 e. The van der Waals surface area contributed by atoms with Crippen molar-refractivity contribution in [3.63, 3.8) is 0 Å². The average molecular weight is 445 g/mol. The fourth-order valence-corrected chi connectivity index (χ4v) is 3.84. The van der Waals surface area contributed by atoms with Gasteiger partial charge in [-0.2, -0.15) is 11.8 Å². The average Bonchev–Trinajstić information content (AvgIpc) is 2.70. The van der Waals surface area contributed by atoms with Crippen LogP contribution < -0.4 is 11.1 Å². The van der Waals surface area contributed by atoms with Crippen LogP contribution in [0.2, 0.25) is 0 Å². The molecular formula is C25H36N2O3S. The lowest BCUT2D eigenvalue weighted by atomic mass is 10.1. The number of anilines is 1. The highest BCUT2D eigenvalue weighted by atomic mass is 32.2. The summed E-state index contributed by atoms with van der Waals surface area (Å²) in [6.07, 6.45) is 10.9. The van der Waals surface area contributed by atoms with Crippen LogP contribution in [0.4, 0.5) is 5.69 Å². The number of carbonyl (C=O) groups excluding carboxylic acids is 1. The molecule has 6 heteroatoms. The van der Waals surface area contributed by atoms with Crippen LogP contribution in [0.3, 0.4) is 0 Å². The number of allylic oxidation sites excluding steroid dienone is 5. The third-order valence-electron chi connectivity index (χ3n) is 4.77. The predicted molar refractivity (Wildman–Crippen MR) is 132 cm³/mol. The first-order chi connectivity index (χ1) is 14.7. The van der Waals surface area contributed by atoms with Crippen LogP contribution >= 0.6 is 11.8 Å². The zero-order chi connectivity index (χ0) is 23.2. The van der Waals surface area contributed by atoms with E-state index in [2.05, 4.69) is 51.2 Å². The van der Waals surface area contributed by atoms with E-state index in [1.807, 2.05) is 0 Å². The first-order valence-electron chi connectivity index (χ1n) is 10.6. The van der Waals surface area contributed by atoms with Gasteiger partial charge in [0, 0.05) is 17.2 Å². The smallest absolute Gasteiger partial charge is 0.327 e. The maximum absolute atomic E-state index is 12.3. The summed E-state index contributed by atoms with van der Waals surface area (Å²) < 4.78 is 0. The molecule has 0 aromatic heterocycles. The zero-order valence-corrected chi connectivity index (χ0v) is 19.9. The molecule has 1 aromatic carbocycles. The number of benzene rings is 1. The fraction of sp³-hybridized carbons (Fsp3) is 0.440. The summed E-state index contributed by atoms with van der Waals surface area (Å²) in [5.74, 6) is -0.516. The topological polar surface area (TPSA) is 92.4 Å². The minimum atomic E-state index is -1.05. The van der Waals surface area contributed by atoms with Crippen molar-refractivity contribution in [2.24, 2.45) is 0 Å². The van der Waals surface area contributed by atoms with Crippen molar-refractivity contribution in [1.82, 2.24) is 5.32 Å². The Labute approximate surface area is 190 Å². The molecule has 1 amide bonds. The Hall–Kier alpha value is -2.47. The van der Waals surface area contributed by atoms with Gasteiger partial charge in [0.05, 0.1) is 5.56 Å². The molecule has 0 aliphatic rings. The van der Waals surface area contributed by atoms with E-state index in [-0.39, 0.29) is 0 Å². The van der Waals surface area contributed by atoms with E-state index in [9.17, 15) is 14.7 Å². The Morgan fingerprint density at radius 3 is 2.26 bits per heavy atom. The lowest BCUT2D eigenvalue weighted by Gasteiger charge is -2.14. The molecule has 1 atom stereocenters. The minimum Gasteiger partial charge on any atom is -0.480 e. The van der Waals surface area contributed by atoms with E-state index in [4.69, 9.17) is 5.73 Å². The van der Waals surface area contributed by atoms with Crippen LogP contribution in [0.25, 0.3) is 0 Å². The van der Waals surface area contributed by atoms with Gasteiger partial charge in [-0.05, 0) is 65.5 Å². The number of nitrogens with one attached hydrogen (secondary N) is 1. The van der Waals surface area contributed by atoms with Gasteiger partial charge >= 0.3 is 5.97 Å². The lowest BCUT2D eigenvalue weighted by Crippen LogP contribution is -2.42. The highest BCUT2D eigenvalue weighted by Gasteiger charge is 2.21. The number of para-hydroxylation sites is 1. The molecule has 0 saturated heterocycles. The normalized spacial score (nSPS) is 12.9. The highest BCUT2D eigenvalue weighted by molar-refractivity contribution is 7.99. The molecule has 0 bridgehead atoms. The predicted octanol–water partition coefficient (Wildman–Crippen LogP) is 5.60. The highest BCUT2D eigenvalue weighted by Crippen LogP contribution is 2.14.